The van der Waals surface area contributed by atoms with E-state index in [4.69, 9.17) is 13.9 Å². The molecule has 9 nitrogen and oxygen atoms in total. The molecule has 144 valence electrons. The van der Waals surface area contributed by atoms with Crippen molar-refractivity contribution in [1.29, 1.82) is 0 Å². The summed E-state index contributed by atoms with van der Waals surface area (Å²) in [5, 5.41) is 0.450. The Morgan fingerprint density at radius 3 is 2.30 bits per heavy atom. The van der Waals surface area contributed by atoms with E-state index in [9.17, 15) is 9.59 Å². The summed E-state index contributed by atoms with van der Waals surface area (Å²) < 4.78 is 17.0. The van der Waals surface area contributed by atoms with Gasteiger partial charge < -0.3 is 23.7 Å². The second-order valence-electron chi connectivity index (χ2n) is 6.60. The first-order valence-corrected chi connectivity index (χ1v) is 9.48. The Kier molecular flexibility index (Phi) is 4.70. The predicted molar refractivity (Wildman–Crippen MR) is 94.5 cm³/mol. The molecular weight excluding hydrogens is 372 g/mol. The van der Waals surface area contributed by atoms with Gasteiger partial charge in [0.2, 0.25) is 11.5 Å². The molecule has 2 amide bonds. The van der Waals surface area contributed by atoms with E-state index in [1.54, 1.807) is 22.9 Å². The van der Waals surface area contributed by atoms with Gasteiger partial charge in [0.15, 0.2) is 11.4 Å². The number of aromatic nitrogens is 2. The van der Waals surface area contributed by atoms with Crippen LogP contribution in [0.5, 0.6) is 0 Å². The van der Waals surface area contributed by atoms with Crippen LogP contribution in [0.15, 0.2) is 17.0 Å². The van der Waals surface area contributed by atoms with Crippen molar-refractivity contribution in [1.82, 2.24) is 19.8 Å². The quantitative estimate of drug-likeness (QED) is 0.754. The first-order valence-electron chi connectivity index (χ1n) is 8.66. The maximum Gasteiger partial charge on any atom is 0.291 e. The van der Waals surface area contributed by atoms with Crippen molar-refractivity contribution in [2.45, 2.75) is 19.6 Å². The van der Waals surface area contributed by atoms with E-state index in [1.807, 2.05) is 6.92 Å². The highest BCUT2D eigenvalue weighted by atomic mass is 32.1. The Balaban J connectivity index is 1.49. The summed E-state index contributed by atoms with van der Waals surface area (Å²) in [5.41, 5.74) is 0.543. The summed E-state index contributed by atoms with van der Waals surface area (Å²) in [5.74, 6) is -1.22. The maximum absolute atomic E-state index is 12.7. The van der Waals surface area contributed by atoms with Crippen molar-refractivity contribution in [3.63, 3.8) is 0 Å². The zero-order valence-corrected chi connectivity index (χ0v) is 16.0. The monoisotopic (exact) mass is 392 g/mol. The Morgan fingerprint density at radius 2 is 1.74 bits per heavy atom. The fourth-order valence-electron chi connectivity index (χ4n) is 3.28. The number of aryl methyl sites for hydroxylation is 2. The van der Waals surface area contributed by atoms with Crippen LogP contribution in [0.25, 0.3) is 0 Å². The number of hydrogen-bond donors (Lipinski definition) is 0. The molecule has 10 heteroatoms. The van der Waals surface area contributed by atoms with Crippen LogP contribution < -0.4 is 0 Å². The van der Waals surface area contributed by atoms with Crippen LogP contribution in [0, 0.1) is 13.8 Å². The van der Waals surface area contributed by atoms with Gasteiger partial charge in [-0.05, 0) is 13.8 Å². The van der Waals surface area contributed by atoms with Crippen molar-refractivity contribution in [3.8, 4) is 0 Å². The topological polar surface area (TPSA) is 98.0 Å². The van der Waals surface area contributed by atoms with Gasteiger partial charge in [0.05, 0.1) is 32.0 Å². The zero-order chi connectivity index (χ0) is 19.0. The lowest BCUT2D eigenvalue weighted by Crippen LogP contribution is -2.63. The van der Waals surface area contributed by atoms with Crippen LogP contribution in [0.3, 0.4) is 0 Å². The van der Waals surface area contributed by atoms with Crippen molar-refractivity contribution < 1.29 is 23.5 Å². The van der Waals surface area contributed by atoms with E-state index >= 15 is 0 Å². The van der Waals surface area contributed by atoms with Gasteiger partial charge in [-0.2, -0.15) is 0 Å². The van der Waals surface area contributed by atoms with E-state index in [1.165, 1.54) is 17.7 Å². The summed E-state index contributed by atoms with van der Waals surface area (Å²) in [6, 6.07) is 0. The molecule has 0 aliphatic carbocycles. The number of hydrogen-bond acceptors (Lipinski definition) is 8. The minimum absolute atomic E-state index is 0.145. The fourth-order valence-corrected chi connectivity index (χ4v) is 4.02. The zero-order valence-electron chi connectivity index (χ0n) is 15.1. The molecule has 4 rings (SSSR count). The largest absolute Gasteiger partial charge is 0.438 e. The van der Waals surface area contributed by atoms with Crippen LogP contribution in [0.4, 0.5) is 0 Å². The van der Waals surface area contributed by atoms with Gasteiger partial charge in [-0.1, -0.05) is 0 Å². The van der Waals surface area contributed by atoms with E-state index in [0.717, 1.165) is 4.88 Å². The number of carbonyl (C=O) groups is 2. The smallest absolute Gasteiger partial charge is 0.291 e. The molecule has 1 spiro atoms. The van der Waals surface area contributed by atoms with Crippen molar-refractivity contribution in [2.75, 3.05) is 39.4 Å². The molecule has 27 heavy (non-hydrogen) atoms. The van der Waals surface area contributed by atoms with Crippen LogP contribution >= 0.6 is 11.3 Å². The average Bonchev–Trinajstić information content (AvgIpc) is 3.29. The summed E-state index contributed by atoms with van der Waals surface area (Å²) in [7, 11) is 0. The number of oxazole rings is 1. The first kappa shape index (κ1) is 18.1. The van der Waals surface area contributed by atoms with Gasteiger partial charge in [0.1, 0.15) is 0 Å². The second kappa shape index (κ2) is 7.02. The minimum Gasteiger partial charge on any atom is -0.438 e. The molecule has 0 saturated carbocycles. The molecule has 0 bridgehead atoms. The van der Waals surface area contributed by atoms with E-state index < -0.39 is 5.79 Å². The summed E-state index contributed by atoms with van der Waals surface area (Å²) in [6.07, 6.45) is 2.94. The number of nitrogens with zero attached hydrogens (tertiary/aromatic N) is 4. The van der Waals surface area contributed by atoms with Crippen LogP contribution in [-0.2, 0) is 9.47 Å². The molecule has 2 aromatic heterocycles. The van der Waals surface area contributed by atoms with E-state index in [0.29, 0.717) is 37.0 Å². The third-order valence-corrected chi connectivity index (χ3v) is 5.54. The second-order valence-corrected chi connectivity index (χ2v) is 7.84. The molecule has 1 atom stereocenters. The molecular formula is C17H20N4O5S. The minimum atomic E-state index is -1.04. The number of rotatable bonds is 2. The summed E-state index contributed by atoms with van der Waals surface area (Å²) >= 11 is 1.36. The summed E-state index contributed by atoms with van der Waals surface area (Å²) in [4.78, 5) is 37.9. The van der Waals surface area contributed by atoms with Gasteiger partial charge in [-0.15, -0.1) is 11.3 Å². The highest BCUT2D eigenvalue weighted by Crippen LogP contribution is 2.27. The van der Waals surface area contributed by atoms with Gasteiger partial charge >= 0.3 is 0 Å². The molecule has 0 aromatic carbocycles. The standard InChI is InChI=1S/C17H20N4O5S/c1-11-7-18-14(27-11)16(23)21-4-6-26-17(9-21)8-20(3-5-25-17)15(22)13-12(2)19-10-24-13/h7,10H,3-6,8-9H2,1-2H3. The van der Waals surface area contributed by atoms with Gasteiger partial charge in [0, 0.05) is 24.2 Å². The molecule has 2 fully saturated rings. The molecule has 2 aromatic rings. The predicted octanol–water partition coefficient (Wildman–Crippen LogP) is 1.09. The van der Waals surface area contributed by atoms with Gasteiger partial charge in [-0.25, -0.2) is 9.97 Å². The lowest BCUT2D eigenvalue weighted by molar-refractivity contribution is -0.282. The van der Waals surface area contributed by atoms with Crippen LogP contribution in [0.1, 0.15) is 30.9 Å². The highest BCUT2D eigenvalue weighted by Gasteiger charge is 2.45. The van der Waals surface area contributed by atoms with E-state index in [-0.39, 0.29) is 30.7 Å². The van der Waals surface area contributed by atoms with E-state index in [2.05, 4.69) is 9.97 Å². The summed E-state index contributed by atoms with van der Waals surface area (Å²) in [6.45, 7) is 5.61. The SMILES string of the molecule is Cc1cnc(C(=O)N2CCOC3(C2)CN(C(=O)c2ocnc2C)CCO3)s1. The highest BCUT2D eigenvalue weighted by molar-refractivity contribution is 7.13. The lowest BCUT2D eigenvalue weighted by Gasteiger charge is -2.47. The van der Waals surface area contributed by atoms with Crippen LogP contribution in [-0.4, -0.2) is 76.8 Å². The third kappa shape index (κ3) is 3.47. The third-order valence-electron chi connectivity index (χ3n) is 4.63. The number of morpholine rings is 2. The first-order chi connectivity index (χ1) is 13.0. The Labute approximate surface area is 159 Å². The van der Waals surface area contributed by atoms with Crippen molar-refractivity contribution in [3.05, 3.63) is 33.9 Å². The molecule has 0 N–H and O–H groups in total. The Morgan fingerprint density at radius 1 is 1.07 bits per heavy atom. The average molecular weight is 392 g/mol. The normalized spacial score (nSPS) is 23.0. The lowest BCUT2D eigenvalue weighted by atomic mass is 10.1. The van der Waals surface area contributed by atoms with Crippen molar-refractivity contribution in [2.24, 2.45) is 0 Å². The fraction of sp³-hybridized carbons (Fsp3) is 0.529. The Bertz CT molecular complexity index is 861. The van der Waals surface area contributed by atoms with Crippen LogP contribution in [0.2, 0.25) is 0 Å². The van der Waals surface area contributed by atoms with Gasteiger partial charge in [0.25, 0.3) is 11.8 Å². The number of ether oxygens (including phenoxy) is 2. The maximum atomic E-state index is 12.7. The molecule has 4 heterocycles. The van der Waals surface area contributed by atoms with Crippen molar-refractivity contribution >= 4 is 23.2 Å². The molecule has 2 aliphatic heterocycles. The molecule has 2 aliphatic rings. The number of carbonyl (C=O) groups excluding carboxylic acids is 2. The Hall–Kier alpha value is -2.30. The molecule has 1 unspecified atom stereocenters. The molecule has 0 radical (unpaired) electrons. The molecule has 2 saturated heterocycles. The number of amides is 2. The number of thiazole rings is 1. The van der Waals surface area contributed by atoms with Gasteiger partial charge in [-0.3, -0.25) is 9.59 Å².